The van der Waals surface area contributed by atoms with Gasteiger partial charge in [-0.05, 0) is 67.3 Å². The minimum absolute atomic E-state index is 0.102. The van der Waals surface area contributed by atoms with Gasteiger partial charge in [0.2, 0.25) is 0 Å². The van der Waals surface area contributed by atoms with Crippen LogP contribution in [0.4, 0.5) is 11.4 Å². The zero-order chi connectivity index (χ0) is 26.1. The highest BCUT2D eigenvalue weighted by molar-refractivity contribution is 5.92. The maximum absolute atomic E-state index is 9.85. The molecule has 3 aliphatic heterocycles. The fourth-order valence-corrected chi connectivity index (χ4v) is 7.44. The first-order valence-electron chi connectivity index (χ1n) is 13.1. The summed E-state index contributed by atoms with van der Waals surface area (Å²) in [5.74, 6) is 0. The number of hydrogen-bond acceptors (Lipinski definition) is 6. The summed E-state index contributed by atoms with van der Waals surface area (Å²) >= 11 is 0. The minimum Gasteiger partial charge on any atom is -0.359 e. The van der Waals surface area contributed by atoms with Crippen LogP contribution >= 0.6 is 0 Å². The van der Waals surface area contributed by atoms with Gasteiger partial charge in [-0.2, -0.15) is 10.5 Å². The Labute approximate surface area is 219 Å². The third-order valence-electron chi connectivity index (χ3n) is 9.37. The van der Waals surface area contributed by atoms with Crippen LogP contribution in [0, 0.1) is 28.1 Å². The van der Waals surface area contributed by atoms with E-state index in [0.717, 1.165) is 24.1 Å². The highest BCUT2D eigenvalue weighted by atomic mass is 15.4. The van der Waals surface area contributed by atoms with Gasteiger partial charge in [0.15, 0.2) is 0 Å². The Balaban J connectivity index is 1.64. The number of nitriles is 2. The van der Waals surface area contributed by atoms with Gasteiger partial charge in [0.05, 0.1) is 29.0 Å². The molecule has 3 heterocycles. The first-order chi connectivity index (χ1) is 17.9. The summed E-state index contributed by atoms with van der Waals surface area (Å²) in [6.45, 7) is 6.76. The van der Waals surface area contributed by atoms with Crippen LogP contribution in [0.25, 0.3) is 5.57 Å². The number of hydrogen-bond donors (Lipinski definition) is 0. The smallest absolute Gasteiger partial charge is 0.116 e. The number of rotatable bonds is 4. The molecule has 6 heteroatoms. The first kappa shape index (κ1) is 23.3. The van der Waals surface area contributed by atoms with E-state index in [2.05, 4.69) is 122 Å². The molecule has 4 aliphatic rings. The Hall–Kier alpha value is -4.16. The van der Waals surface area contributed by atoms with Crippen LogP contribution in [0.5, 0.6) is 0 Å². The topological polar surface area (TPSA) is 60.5 Å². The van der Waals surface area contributed by atoms with E-state index >= 15 is 0 Å². The van der Waals surface area contributed by atoms with E-state index in [1.54, 1.807) is 0 Å². The Bertz CT molecular complexity index is 1470. The molecule has 4 atom stereocenters. The van der Waals surface area contributed by atoms with Gasteiger partial charge < -0.3 is 19.6 Å². The van der Waals surface area contributed by atoms with Gasteiger partial charge in [-0.3, -0.25) is 0 Å². The molecular weight excluding hydrogens is 456 g/mol. The van der Waals surface area contributed by atoms with Gasteiger partial charge >= 0.3 is 0 Å². The fourth-order valence-electron chi connectivity index (χ4n) is 7.44. The zero-order valence-electron chi connectivity index (χ0n) is 22.1. The van der Waals surface area contributed by atoms with Gasteiger partial charge in [-0.25, -0.2) is 0 Å². The Kier molecular flexibility index (Phi) is 4.98. The second-order valence-electron chi connectivity index (χ2n) is 10.6. The summed E-state index contributed by atoms with van der Waals surface area (Å²) in [7, 11) is 4.25. The first-order valence-corrected chi connectivity index (χ1v) is 13.1. The number of nitrogens with zero attached hydrogens (tertiary/aromatic N) is 6. The summed E-state index contributed by atoms with van der Waals surface area (Å²) < 4.78 is 0. The third-order valence-corrected chi connectivity index (χ3v) is 9.37. The molecule has 4 unspecified atom stereocenters. The molecule has 2 aromatic rings. The minimum atomic E-state index is -0.234. The molecule has 0 radical (unpaired) electrons. The molecule has 2 aromatic carbocycles. The largest absolute Gasteiger partial charge is 0.359 e. The molecule has 0 bridgehead atoms. The van der Waals surface area contributed by atoms with E-state index in [-0.39, 0.29) is 23.2 Å². The van der Waals surface area contributed by atoms with Crippen molar-refractivity contribution in [3.05, 3.63) is 89.5 Å². The van der Waals surface area contributed by atoms with Crippen LogP contribution in [0.1, 0.15) is 55.9 Å². The van der Waals surface area contributed by atoms with Crippen molar-refractivity contribution in [3.8, 4) is 12.1 Å². The monoisotopic (exact) mass is 488 g/mol. The lowest BCUT2D eigenvalue weighted by Gasteiger charge is -2.67. The molecule has 0 N–H and O–H groups in total. The van der Waals surface area contributed by atoms with E-state index in [1.165, 1.54) is 16.8 Å². The van der Waals surface area contributed by atoms with E-state index in [0.29, 0.717) is 11.1 Å². The molecule has 0 saturated heterocycles. The number of benzene rings is 2. The van der Waals surface area contributed by atoms with Crippen LogP contribution in [0.3, 0.4) is 0 Å². The molecule has 1 aliphatic carbocycles. The lowest BCUT2D eigenvalue weighted by atomic mass is 9.42. The normalized spacial score (nSPS) is 28.8. The van der Waals surface area contributed by atoms with Gasteiger partial charge in [0.25, 0.3) is 0 Å². The summed E-state index contributed by atoms with van der Waals surface area (Å²) in [6.07, 6.45) is 13.2. The summed E-state index contributed by atoms with van der Waals surface area (Å²) in [6, 6.07) is 17.0. The average Bonchev–Trinajstić information content (AvgIpc) is 3.46. The van der Waals surface area contributed by atoms with Crippen molar-refractivity contribution in [2.45, 2.75) is 51.4 Å². The molecule has 0 saturated carbocycles. The van der Waals surface area contributed by atoms with Gasteiger partial charge in [0, 0.05) is 61.0 Å². The second kappa shape index (κ2) is 7.92. The number of fused-ring (bicyclic) bond motifs is 6. The van der Waals surface area contributed by atoms with Gasteiger partial charge in [0.1, 0.15) is 12.3 Å². The predicted octanol–water partition coefficient (Wildman–Crippen LogP) is 5.70. The van der Waals surface area contributed by atoms with Crippen molar-refractivity contribution in [3.63, 3.8) is 0 Å². The van der Waals surface area contributed by atoms with E-state index < -0.39 is 0 Å². The fraction of sp³-hybridized carbons (Fsp3) is 0.355. The van der Waals surface area contributed by atoms with Crippen molar-refractivity contribution < 1.29 is 0 Å². The number of anilines is 2. The predicted molar refractivity (Wildman–Crippen MR) is 147 cm³/mol. The van der Waals surface area contributed by atoms with Crippen LogP contribution < -0.4 is 9.80 Å². The zero-order valence-corrected chi connectivity index (χ0v) is 22.1. The van der Waals surface area contributed by atoms with E-state index in [1.807, 2.05) is 12.1 Å². The van der Waals surface area contributed by atoms with Gasteiger partial charge in [-0.1, -0.05) is 19.9 Å². The molecule has 0 aromatic heterocycles. The van der Waals surface area contributed by atoms with E-state index in [9.17, 15) is 10.5 Å². The van der Waals surface area contributed by atoms with Crippen LogP contribution in [0.15, 0.2) is 67.3 Å². The average molecular weight is 489 g/mol. The van der Waals surface area contributed by atoms with Gasteiger partial charge in [-0.15, -0.1) is 0 Å². The molecule has 37 heavy (non-hydrogen) atoms. The van der Waals surface area contributed by atoms with Crippen LogP contribution in [-0.2, 0) is 5.41 Å². The van der Waals surface area contributed by atoms with Crippen molar-refractivity contribution >= 4 is 16.9 Å². The van der Waals surface area contributed by atoms with Crippen LogP contribution in [0.2, 0.25) is 0 Å². The van der Waals surface area contributed by atoms with Crippen LogP contribution in [-0.4, -0.2) is 36.2 Å². The Morgan fingerprint density at radius 3 is 2.08 bits per heavy atom. The maximum Gasteiger partial charge on any atom is 0.116 e. The molecule has 0 fully saturated rings. The maximum atomic E-state index is 9.85. The standard InChI is InChI=1S/C31H32N6/c1-6-30-18-26(24-16-22(19-32)8-10-27(24)36-14-12-34(4)21(36)3)31(30,7-2)29-35(5)13-15-37(29)28-11-9-23(20-33)17-25(28)30/h8-18,21,29H,6-7H2,1-5H3. The van der Waals surface area contributed by atoms with E-state index in [4.69, 9.17) is 0 Å². The highest BCUT2D eigenvalue weighted by Crippen LogP contribution is 2.71. The van der Waals surface area contributed by atoms with Crippen molar-refractivity contribution in [1.29, 1.82) is 10.5 Å². The lowest BCUT2D eigenvalue weighted by molar-refractivity contribution is 0.0742. The SMILES string of the molecule is CCC12C=C(c3cc(C#N)ccc3N3C=CN(C)C3C)C1(CC)C1N(C)C=CN1c1ccc(C#N)cc12. The molecular formula is C31H32N6. The second-order valence-corrected chi connectivity index (χ2v) is 10.6. The summed E-state index contributed by atoms with van der Waals surface area (Å²) in [5.41, 5.74) is 6.84. The molecule has 0 spiro atoms. The Morgan fingerprint density at radius 2 is 1.46 bits per heavy atom. The molecule has 6 nitrogen and oxygen atoms in total. The lowest BCUT2D eigenvalue weighted by Crippen LogP contribution is -2.67. The third kappa shape index (κ3) is 2.73. The Morgan fingerprint density at radius 1 is 0.811 bits per heavy atom. The quantitative estimate of drug-likeness (QED) is 0.550. The summed E-state index contributed by atoms with van der Waals surface area (Å²) in [5, 5.41) is 19.6. The molecule has 0 amide bonds. The highest BCUT2D eigenvalue weighted by Gasteiger charge is 2.68. The van der Waals surface area contributed by atoms with Crippen molar-refractivity contribution in [2.24, 2.45) is 5.41 Å². The number of allylic oxidation sites excluding steroid dienone is 1. The summed E-state index contributed by atoms with van der Waals surface area (Å²) in [4.78, 5) is 9.22. The molecule has 6 rings (SSSR count). The van der Waals surface area contributed by atoms with Crippen molar-refractivity contribution in [2.75, 3.05) is 23.9 Å². The molecule has 186 valence electrons. The van der Waals surface area contributed by atoms with Crippen molar-refractivity contribution in [1.82, 2.24) is 9.80 Å².